The number of carbonyl (C=O) groups excluding carboxylic acids is 1. The van der Waals surface area contributed by atoms with E-state index < -0.39 is 5.97 Å². The van der Waals surface area contributed by atoms with Crippen molar-refractivity contribution in [1.29, 1.82) is 0 Å². The van der Waals surface area contributed by atoms with E-state index in [2.05, 4.69) is 73.3 Å². The first kappa shape index (κ1) is 28.3. The number of aromatic carboxylic acids is 1. The number of fused-ring (bicyclic) bond motifs is 6. The maximum absolute atomic E-state index is 12.6. The lowest BCUT2D eigenvalue weighted by Crippen LogP contribution is -2.09. The molecule has 0 atom stereocenters. The van der Waals surface area contributed by atoms with Crippen molar-refractivity contribution in [1.82, 2.24) is 13.7 Å². The van der Waals surface area contributed by atoms with Gasteiger partial charge in [0.1, 0.15) is 23.7 Å². The Morgan fingerprint density at radius 3 is 1.91 bits per heavy atom. The van der Waals surface area contributed by atoms with Gasteiger partial charge in [-0.15, -0.1) is 0 Å². The summed E-state index contributed by atoms with van der Waals surface area (Å²) >= 11 is 0. The van der Waals surface area contributed by atoms with Gasteiger partial charge in [0, 0.05) is 27.6 Å². The highest BCUT2D eigenvalue weighted by atomic mass is 16.5. The number of imidazole rings is 1. The van der Waals surface area contributed by atoms with E-state index in [9.17, 15) is 14.7 Å². The van der Waals surface area contributed by atoms with Gasteiger partial charge in [0.2, 0.25) is 6.33 Å². The van der Waals surface area contributed by atoms with Crippen LogP contribution in [0.1, 0.15) is 28.8 Å². The largest absolute Gasteiger partial charge is 0.478 e. The third-order valence-electron chi connectivity index (χ3n) is 9.02. The fraction of sp³-hybridized carbons (Fsp3) is 0.103. The van der Waals surface area contributed by atoms with Gasteiger partial charge in [0.25, 0.3) is 6.47 Å². The van der Waals surface area contributed by atoms with Crippen molar-refractivity contribution in [2.75, 3.05) is 0 Å². The van der Waals surface area contributed by atoms with Gasteiger partial charge in [-0.3, -0.25) is 9.78 Å². The van der Waals surface area contributed by atoms with Crippen molar-refractivity contribution in [2.24, 2.45) is 0 Å². The number of rotatable bonds is 10. The van der Waals surface area contributed by atoms with Crippen LogP contribution in [0.5, 0.6) is 5.75 Å². The van der Waals surface area contributed by atoms with Crippen LogP contribution in [-0.4, -0.2) is 31.2 Å². The Morgan fingerprint density at radius 2 is 1.32 bits per heavy atom. The SMILES string of the molecule is O=COc1cc(-n2c3ccccc3c3ccccc32)c(-n2c3ccccc3c3cc(CCCCn4cc[nH+]c4)ccc32)cc1C(=O)O. The van der Waals surface area contributed by atoms with Crippen LogP contribution in [0.4, 0.5) is 0 Å². The fourth-order valence-electron chi connectivity index (χ4n) is 6.93. The number of hydrogen-bond acceptors (Lipinski definition) is 3. The molecule has 0 saturated heterocycles. The summed E-state index contributed by atoms with van der Waals surface area (Å²) in [5.74, 6) is -1.20. The number of aryl methyl sites for hydroxylation is 2. The maximum Gasteiger partial charge on any atom is 0.339 e. The lowest BCUT2D eigenvalue weighted by Gasteiger charge is -2.19. The lowest BCUT2D eigenvalue weighted by atomic mass is 10.0. The molecule has 0 bridgehead atoms. The van der Waals surface area contributed by atoms with Crippen LogP contribution in [0.25, 0.3) is 55.0 Å². The molecule has 8 rings (SSSR count). The van der Waals surface area contributed by atoms with Crippen molar-refractivity contribution in [2.45, 2.75) is 25.8 Å². The zero-order valence-electron chi connectivity index (χ0n) is 25.5. The number of carbonyl (C=O) groups is 2. The van der Waals surface area contributed by atoms with E-state index in [0.717, 1.165) is 69.4 Å². The number of hydrogen-bond donors (Lipinski definition) is 1. The van der Waals surface area contributed by atoms with Crippen LogP contribution >= 0.6 is 0 Å². The highest BCUT2D eigenvalue weighted by Crippen LogP contribution is 2.40. The molecular formula is C39H31N4O4+. The first-order valence-corrected chi connectivity index (χ1v) is 15.7. The zero-order valence-corrected chi connectivity index (χ0v) is 25.5. The van der Waals surface area contributed by atoms with E-state index in [4.69, 9.17) is 4.74 Å². The predicted molar refractivity (Wildman–Crippen MR) is 183 cm³/mol. The Bertz CT molecular complexity index is 2400. The molecule has 5 aromatic carbocycles. The molecule has 3 heterocycles. The second-order valence-electron chi connectivity index (χ2n) is 11.7. The van der Waals surface area contributed by atoms with Gasteiger partial charge in [0.15, 0.2) is 0 Å². The van der Waals surface area contributed by atoms with Crippen molar-refractivity contribution < 1.29 is 24.4 Å². The number of aromatic nitrogens is 4. The Kier molecular flexibility index (Phi) is 7.02. The number of nitrogens with zero attached hydrogens (tertiary/aromatic N) is 3. The Balaban J connectivity index is 1.36. The number of ether oxygens (including phenoxy) is 1. The number of nitrogens with one attached hydrogen (secondary N) is 1. The van der Waals surface area contributed by atoms with Gasteiger partial charge in [0.05, 0.1) is 40.0 Å². The zero-order chi connectivity index (χ0) is 31.9. The minimum absolute atomic E-state index is 0.0195. The third kappa shape index (κ3) is 4.82. The number of unbranched alkanes of at least 4 members (excludes halogenated alkanes) is 1. The van der Waals surface area contributed by atoms with Gasteiger partial charge in [-0.2, -0.15) is 0 Å². The van der Waals surface area contributed by atoms with E-state index in [0.29, 0.717) is 11.4 Å². The Morgan fingerprint density at radius 1 is 0.723 bits per heavy atom. The van der Waals surface area contributed by atoms with E-state index >= 15 is 0 Å². The van der Waals surface area contributed by atoms with Gasteiger partial charge in [-0.1, -0.05) is 60.7 Å². The summed E-state index contributed by atoms with van der Waals surface area (Å²) < 4.78 is 11.7. The molecule has 8 aromatic rings. The minimum Gasteiger partial charge on any atom is -0.478 e. The molecule has 2 N–H and O–H groups in total. The van der Waals surface area contributed by atoms with Crippen LogP contribution < -0.4 is 9.72 Å². The van der Waals surface area contributed by atoms with Crippen molar-refractivity contribution >= 4 is 56.1 Å². The van der Waals surface area contributed by atoms with Crippen LogP contribution in [0.15, 0.2) is 122 Å². The quantitative estimate of drug-likeness (QED) is 0.125. The third-order valence-corrected chi connectivity index (χ3v) is 9.02. The molecule has 0 unspecified atom stereocenters. The Labute approximate surface area is 269 Å². The van der Waals surface area contributed by atoms with Gasteiger partial charge < -0.3 is 19.0 Å². The molecule has 0 amide bonds. The van der Waals surface area contributed by atoms with Crippen LogP contribution in [0, 0.1) is 0 Å². The highest BCUT2D eigenvalue weighted by molar-refractivity contribution is 6.12. The summed E-state index contributed by atoms with van der Waals surface area (Å²) in [4.78, 5) is 27.3. The maximum atomic E-state index is 12.6. The molecule has 0 radical (unpaired) electrons. The lowest BCUT2D eigenvalue weighted by molar-refractivity contribution is -0.377. The molecule has 47 heavy (non-hydrogen) atoms. The highest BCUT2D eigenvalue weighted by Gasteiger charge is 2.24. The molecule has 0 aliphatic rings. The second-order valence-corrected chi connectivity index (χ2v) is 11.7. The first-order valence-electron chi connectivity index (χ1n) is 15.7. The summed E-state index contributed by atoms with van der Waals surface area (Å²) in [6.07, 6.45) is 9.02. The summed E-state index contributed by atoms with van der Waals surface area (Å²) in [5.41, 5.74) is 6.33. The van der Waals surface area contributed by atoms with Crippen molar-refractivity contribution in [3.8, 4) is 17.1 Å². The van der Waals surface area contributed by atoms with Gasteiger partial charge in [-0.05, 0) is 61.2 Å². The fourth-order valence-corrected chi connectivity index (χ4v) is 6.93. The van der Waals surface area contributed by atoms with Gasteiger partial charge >= 0.3 is 5.97 Å². The second kappa shape index (κ2) is 11.7. The first-order chi connectivity index (χ1) is 23.1. The average Bonchev–Trinajstić information content (AvgIpc) is 3.82. The van der Waals surface area contributed by atoms with E-state index in [1.807, 2.05) is 55.1 Å². The standard InChI is InChI=1S/C39H30N4O4/c44-25-47-38-23-37(42-32-13-4-1-10-27(32)28-11-2-5-14-33(28)42)36(22-31(38)39(45)46)43-34-15-6-3-12-29(34)30-21-26(16-17-35(30)43)9-7-8-19-41-20-18-40-24-41/h1-6,10-18,20-25H,7-9,19H2,(H,45,46)/p+1. The number of para-hydroxylation sites is 3. The molecule has 3 aromatic heterocycles. The number of benzene rings is 5. The molecule has 8 heteroatoms. The van der Waals surface area contributed by atoms with Crippen molar-refractivity contribution in [3.05, 3.63) is 133 Å². The smallest absolute Gasteiger partial charge is 0.339 e. The monoisotopic (exact) mass is 619 g/mol. The van der Waals surface area contributed by atoms with E-state index in [-0.39, 0.29) is 17.8 Å². The molecule has 0 fully saturated rings. The number of aromatic amines is 1. The van der Waals surface area contributed by atoms with Gasteiger partial charge in [-0.25, -0.2) is 9.36 Å². The molecule has 8 nitrogen and oxygen atoms in total. The minimum atomic E-state index is -1.18. The molecule has 0 spiro atoms. The normalized spacial score (nSPS) is 11.6. The summed E-state index contributed by atoms with van der Waals surface area (Å²) in [6.45, 7) is 1.24. The van der Waals surface area contributed by atoms with Crippen LogP contribution in [0.3, 0.4) is 0 Å². The van der Waals surface area contributed by atoms with Crippen molar-refractivity contribution in [3.63, 3.8) is 0 Å². The molecular weight excluding hydrogens is 588 g/mol. The summed E-state index contributed by atoms with van der Waals surface area (Å²) in [5, 5.41) is 14.6. The van der Waals surface area contributed by atoms with E-state index in [1.54, 1.807) is 12.1 Å². The average molecular weight is 620 g/mol. The number of carboxylic acids is 1. The summed E-state index contributed by atoms with van der Waals surface area (Å²) in [7, 11) is 0. The number of H-pyrrole nitrogens is 1. The molecule has 0 aliphatic carbocycles. The Hall–Kier alpha value is -6.15. The summed E-state index contributed by atoms with van der Waals surface area (Å²) in [6, 6.07) is 34.4. The topological polar surface area (TPSA) is 92.5 Å². The van der Waals surface area contributed by atoms with Crippen LogP contribution in [-0.2, 0) is 17.8 Å². The molecule has 0 saturated carbocycles. The molecule has 230 valence electrons. The van der Waals surface area contributed by atoms with E-state index in [1.165, 1.54) is 5.56 Å². The molecule has 0 aliphatic heterocycles. The predicted octanol–water partition coefficient (Wildman–Crippen LogP) is 7.75. The number of carboxylic acid groups (broad SMARTS) is 1. The van der Waals surface area contributed by atoms with Crippen LogP contribution in [0.2, 0.25) is 0 Å².